The van der Waals surface area contributed by atoms with E-state index in [-0.39, 0.29) is 24.9 Å². The molecule has 1 heterocycles. The fourth-order valence-electron chi connectivity index (χ4n) is 2.01. The standard InChI is InChI=1S/C16H21N3O4S.ClH/c1-21-7-6-17-9-15(20)19-16-18-13(10-24-16)12-8-11(22-2)4-5-14(12)23-3;/h4-5,8,10,17H,6-7,9H2,1-3H3,(H,18,19,20);1H. The molecular weight excluding hydrogens is 366 g/mol. The Morgan fingerprint density at radius 2 is 2.04 bits per heavy atom. The summed E-state index contributed by atoms with van der Waals surface area (Å²) in [6.45, 7) is 1.39. The lowest BCUT2D eigenvalue weighted by atomic mass is 10.1. The summed E-state index contributed by atoms with van der Waals surface area (Å²) in [5, 5.41) is 8.15. The maximum atomic E-state index is 11.9. The van der Waals surface area contributed by atoms with Gasteiger partial charge in [0.2, 0.25) is 5.91 Å². The van der Waals surface area contributed by atoms with E-state index in [0.29, 0.717) is 29.8 Å². The molecule has 0 aliphatic heterocycles. The number of methoxy groups -OCH3 is 3. The van der Waals surface area contributed by atoms with Crippen LogP contribution in [0.3, 0.4) is 0 Å². The second-order valence-electron chi connectivity index (χ2n) is 4.82. The highest BCUT2D eigenvalue weighted by Gasteiger charge is 2.12. The number of carbonyl (C=O) groups excluding carboxylic acids is 1. The number of rotatable bonds is 9. The van der Waals surface area contributed by atoms with Crippen molar-refractivity contribution in [3.05, 3.63) is 23.6 Å². The third kappa shape index (κ3) is 6.17. The predicted octanol–water partition coefficient (Wildman–Crippen LogP) is 2.42. The second kappa shape index (κ2) is 10.9. The smallest absolute Gasteiger partial charge is 0.240 e. The predicted molar refractivity (Wildman–Crippen MR) is 101 cm³/mol. The number of thiazole rings is 1. The monoisotopic (exact) mass is 387 g/mol. The Bertz CT molecular complexity index is 681. The van der Waals surface area contributed by atoms with Crippen LogP contribution in [0, 0.1) is 0 Å². The van der Waals surface area contributed by atoms with Crippen LogP contribution in [-0.4, -0.2) is 51.9 Å². The van der Waals surface area contributed by atoms with Crippen LogP contribution >= 0.6 is 23.7 Å². The molecule has 1 aromatic heterocycles. The molecule has 25 heavy (non-hydrogen) atoms. The first kappa shape index (κ1) is 21.2. The first-order chi connectivity index (χ1) is 11.7. The van der Waals surface area contributed by atoms with Gasteiger partial charge in [-0.1, -0.05) is 0 Å². The molecule has 0 aliphatic rings. The number of amides is 1. The highest BCUT2D eigenvalue weighted by molar-refractivity contribution is 7.14. The van der Waals surface area contributed by atoms with Crippen molar-refractivity contribution in [3.63, 3.8) is 0 Å². The van der Waals surface area contributed by atoms with E-state index in [2.05, 4.69) is 15.6 Å². The SMILES string of the molecule is COCCNCC(=O)Nc1nc(-c2cc(OC)ccc2OC)cs1.Cl. The maximum absolute atomic E-state index is 11.9. The lowest BCUT2D eigenvalue weighted by Crippen LogP contribution is -2.30. The van der Waals surface area contributed by atoms with Crippen molar-refractivity contribution in [2.75, 3.05) is 46.3 Å². The molecular formula is C16H22ClN3O4S. The van der Waals surface area contributed by atoms with Crippen molar-refractivity contribution in [2.45, 2.75) is 0 Å². The molecule has 0 radical (unpaired) electrons. The highest BCUT2D eigenvalue weighted by Crippen LogP contribution is 2.34. The average molecular weight is 388 g/mol. The van der Waals surface area contributed by atoms with Crippen LogP contribution in [0.4, 0.5) is 5.13 Å². The van der Waals surface area contributed by atoms with Gasteiger partial charge in [-0.3, -0.25) is 4.79 Å². The third-order valence-electron chi connectivity index (χ3n) is 3.20. The summed E-state index contributed by atoms with van der Waals surface area (Å²) >= 11 is 1.36. The van der Waals surface area contributed by atoms with Crippen molar-refractivity contribution >= 4 is 34.8 Å². The zero-order valence-electron chi connectivity index (χ0n) is 14.3. The number of nitrogens with one attached hydrogen (secondary N) is 2. The summed E-state index contributed by atoms with van der Waals surface area (Å²) in [7, 11) is 4.83. The van der Waals surface area contributed by atoms with Crippen LogP contribution in [0.15, 0.2) is 23.6 Å². The van der Waals surface area contributed by atoms with Crippen molar-refractivity contribution in [1.82, 2.24) is 10.3 Å². The van der Waals surface area contributed by atoms with E-state index in [1.165, 1.54) is 11.3 Å². The van der Waals surface area contributed by atoms with Crippen LogP contribution in [0.1, 0.15) is 0 Å². The number of ether oxygens (including phenoxy) is 3. The largest absolute Gasteiger partial charge is 0.497 e. The fourth-order valence-corrected chi connectivity index (χ4v) is 2.74. The minimum absolute atomic E-state index is 0. The third-order valence-corrected chi connectivity index (χ3v) is 3.96. The number of anilines is 1. The van der Waals surface area contributed by atoms with E-state index in [4.69, 9.17) is 14.2 Å². The van der Waals surface area contributed by atoms with Gasteiger partial charge in [-0.2, -0.15) is 0 Å². The Labute approximate surface area is 157 Å². The lowest BCUT2D eigenvalue weighted by Gasteiger charge is -2.08. The van der Waals surface area contributed by atoms with E-state index < -0.39 is 0 Å². The first-order valence-electron chi connectivity index (χ1n) is 7.35. The minimum atomic E-state index is -0.149. The van der Waals surface area contributed by atoms with Crippen LogP contribution in [0.25, 0.3) is 11.3 Å². The summed E-state index contributed by atoms with van der Waals surface area (Å²) < 4.78 is 15.5. The van der Waals surface area contributed by atoms with Crippen molar-refractivity contribution in [3.8, 4) is 22.8 Å². The van der Waals surface area contributed by atoms with Crippen LogP contribution in [0.2, 0.25) is 0 Å². The number of benzene rings is 1. The van der Waals surface area contributed by atoms with Crippen molar-refractivity contribution in [1.29, 1.82) is 0 Å². The molecule has 0 fully saturated rings. The molecule has 0 atom stereocenters. The molecule has 0 aliphatic carbocycles. The molecule has 0 saturated carbocycles. The van der Waals surface area contributed by atoms with E-state index in [9.17, 15) is 4.79 Å². The maximum Gasteiger partial charge on any atom is 0.240 e. The van der Waals surface area contributed by atoms with Crippen molar-refractivity contribution < 1.29 is 19.0 Å². The zero-order valence-corrected chi connectivity index (χ0v) is 16.0. The van der Waals surface area contributed by atoms with Crippen LogP contribution < -0.4 is 20.1 Å². The Morgan fingerprint density at radius 1 is 1.24 bits per heavy atom. The van der Waals surface area contributed by atoms with Gasteiger partial charge >= 0.3 is 0 Å². The van der Waals surface area contributed by atoms with E-state index >= 15 is 0 Å². The number of hydrogen-bond donors (Lipinski definition) is 2. The Hall–Kier alpha value is -1.87. The summed E-state index contributed by atoms with van der Waals surface area (Å²) in [6, 6.07) is 5.50. The van der Waals surface area contributed by atoms with Gasteiger partial charge < -0.3 is 24.8 Å². The molecule has 7 nitrogen and oxygen atoms in total. The molecule has 1 amide bonds. The molecule has 0 bridgehead atoms. The van der Waals surface area contributed by atoms with Gasteiger partial charge in [0.1, 0.15) is 11.5 Å². The average Bonchev–Trinajstić information content (AvgIpc) is 3.06. The number of carbonyl (C=O) groups is 1. The number of aromatic nitrogens is 1. The topological polar surface area (TPSA) is 81.7 Å². The molecule has 2 rings (SSSR count). The van der Waals surface area contributed by atoms with Crippen LogP contribution in [-0.2, 0) is 9.53 Å². The Balaban J connectivity index is 0.00000312. The summed E-state index contributed by atoms with van der Waals surface area (Å²) in [4.78, 5) is 16.3. The number of hydrogen-bond acceptors (Lipinski definition) is 7. The molecule has 2 N–H and O–H groups in total. The van der Waals surface area contributed by atoms with Crippen molar-refractivity contribution in [2.24, 2.45) is 0 Å². The van der Waals surface area contributed by atoms with E-state index in [1.807, 2.05) is 23.6 Å². The molecule has 0 saturated heterocycles. The summed E-state index contributed by atoms with van der Waals surface area (Å²) in [6.07, 6.45) is 0. The van der Waals surface area contributed by atoms with Gasteiger partial charge in [-0.25, -0.2) is 4.98 Å². The highest BCUT2D eigenvalue weighted by atomic mass is 35.5. The van der Waals surface area contributed by atoms with Gasteiger partial charge in [0.25, 0.3) is 0 Å². The van der Waals surface area contributed by atoms with E-state index in [1.54, 1.807) is 21.3 Å². The second-order valence-corrected chi connectivity index (χ2v) is 5.68. The lowest BCUT2D eigenvalue weighted by molar-refractivity contribution is -0.115. The zero-order chi connectivity index (χ0) is 17.4. The molecule has 1 aromatic carbocycles. The molecule has 0 unspecified atom stereocenters. The van der Waals surface area contributed by atoms with Gasteiger partial charge in [-0.15, -0.1) is 23.7 Å². The summed E-state index contributed by atoms with van der Waals surface area (Å²) in [5.41, 5.74) is 1.53. The normalized spacial score (nSPS) is 10.0. The van der Waals surface area contributed by atoms with E-state index in [0.717, 1.165) is 11.3 Å². The molecule has 2 aromatic rings. The Morgan fingerprint density at radius 3 is 2.72 bits per heavy atom. The minimum Gasteiger partial charge on any atom is -0.497 e. The number of halogens is 1. The summed E-state index contributed by atoms with van der Waals surface area (Å²) in [5.74, 6) is 1.26. The molecule has 138 valence electrons. The Kier molecular flexibility index (Phi) is 9.22. The molecule has 0 spiro atoms. The van der Waals surface area contributed by atoms with Crippen LogP contribution in [0.5, 0.6) is 11.5 Å². The quantitative estimate of drug-likeness (QED) is 0.643. The van der Waals surface area contributed by atoms with Gasteiger partial charge in [0.05, 0.1) is 33.1 Å². The van der Waals surface area contributed by atoms with Gasteiger partial charge in [0, 0.05) is 24.6 Å². The number of nitrogens with zero attached hydrogens (tertiary/aromatic N) is 1. The fraction of sp³-hybridized carbons (Fsp3) is 0.375. The van der Waals surface area contributed by atoms with Gasteiger partial charge in [0.15, 0.2) is 5.13 Å². The van der Waals surface area contributed by atoms with Gasteiger partial charge in [-0.05, 0) is 18.2 Å². The molecule has 9 heteroatoms. The first-order valence-corrected chi connectivity index (χ1v) is 8.23.